The summed E-state index contributed by atoms with van der Waals surface area (Å²) in [5, 5.41) is 0. The molecule has 0 fully saturated rings. The molecule has 2 aromatic rings. The molecule has 0 spiro atoms. The van der Waals surface area contributed by atoms with Crippen molar-refractivity contribution < 1.29 is 14.3 Å². The fourth-order valence-electron chi connectivity index (χ4n) is 1.76. The van der Waals surface area contributed by atoms with Gasteiger partial charge in [0.05, 0.1) is 11.4 Å². The molecule has 0 aliphatic heterocycles. The maximum atomic E-state index is 12.0. The number of ether oxygens (including phenoxy) is 1. The number of esters is 1. The number of hydrogen-bond donors (Lipinski definition) is 1. The number of ketones is 1. The highest BCUT2D eigenvalue weighted by atomic mass is 35.5. The van der Waals surface area contributed by atoms with E-state index in [4.69, 9.17) is 22.1 Å². The second-order valence-electron chi connectivity index (χ2n) is 4.37. The van der Waals surface area contributed by atoms with Crippen LogP contribution in [0.5, 0.6) is 0 Å². The Labute approximate surface area is 127 Å². The molecule has 0 saturated heterocycles. The Hall–Kier alpha value is -2.17. The molecule has 21 heavy (non-hydrogen) atoms. The summed E-state index contributed by atoms with van der Waals surface area (Å²) < 4.78 is 5.18. The minimum atomic E-state index is -0.831. The topological polar surface area (TPSA) is 69.4 Å². The van der Waals surface area contributed by atoms with E-state index in [-0.39, 0.29) is 11.7 Å². The fourth-order valence-corrected chi connectivity index (χ4v) is 1.92. The highest BCUT2D eigenvalue weighted by Crippen LogP contribution is 2.14. The molecular weight excluding hydrogens is 290 g/mol. The van der Waals surface area contributed by atoms with Crippen LogP contribution in [0.3, 0.4) is 0 Å². The van der Waals surface area contributed by atoms with Crippen molar-refractivity contribution in [2.75, 3.05) is 5.88 Å². The number of carbonyl (C=O) groups is 2. The molecule has 2 rings (SSSR count). The van der Waals surface area contributed by atoms with Crippen LogP contribution in [0.2, 0.25) is 0 Å². The van der Waals surface area contributed by atoms with Gasteiger partial charge >= 0.3 is 5.97 Å². The molecule has 0 heterocycles. The van der Waals surface area contributed by atoms with Crippen LogP contribution in [-0.4, -0.2) is 17.6 Å². The lowest BCUT2D eigenvalue weighted by Crippen LogP contribution is -2.19. The second kappa shape index (κ2) is 7.02. The van der Waals surface area contributed by atoms with E-state index in [1.807, 2.05) is 18.2 Å². The predicted molar refractivity (Wildman–Crippen MR) is 80.3 cm³/mol. The van der Waals surface area contributed by atoms with Crippen LogP contribution >= 0.6 is 11.6 Å². The molecule has 0 amide bonds. The molecule has 4 nitrogen and oxygen atoms in total. The minimum Gasteiger partial charge on any atom is -0.439 e. The highest BCUT2D eigenvalue weighted by Gasteiger charge is 2.14. The average molecular weight is 304 g/mol. The molecule has 5 heteroatoms. The van der Waals surface area contributed by atoms with Gasteiger partial charge in [-0.25, -0.2) is 4.79 Å². The van der Waals surface area contributed by atoms with E-state index in [9.17, 15) is 9.59 Å². The van der Waals surface area contributed by atoms with Gasteiger partial charge in [-0.3, -0.25) is 10.5 Å². The lowest BCUT2D eigenvalue weighted by molar-refractivity contribution is 0.0311. The molecule has 1 atom stereocenters. The van der Waals surface area contributed by atoms with Crippen molar-refractivity contribution in [3.05, 3.63) is 71.3 Å². The molecule has 0 radical (unpaired) electrons. The lowest BCUT2D eigenvalue weighted by atomic mass is 10.1. The monoisotopic (exact) mass is 303 g/mol. The summed E-state index contributed by atoms with van der Waals surface area (Å²) in [5.41, 5.74) is 7.31. The maximum Gasteiger partial charge on any atom is 0.339 e. The molecule has 0 aliphatic carbocycles. The van der Waals surface area contributed by atoms with Crippen molar-refractivity contribution in [3.8, 4) is 0 Å². The minimum absolute atomic E-state index is 0.0946. The Morgan fingerprint density at radius 2 is 1.57 bits per heavy atom. The van der Waals surface area contributed by atoms with Gasteiger partial charge in [0.1, 0.15) is 0 Å². The van der Waals surface area contributed by atoms with Crippen LogP contribution in [0.15, 0.2) is 54.6 Å². The van der Waals surface area contributed by atoms with Gasteiger partial charge in [0.2, 0.25) is 0 Å². The smallest absolute Gasteiger partial charge is 0.339 e. The Balaban J connectivity index is 2.05. The van der Waals surface area contributed by atoms with E-state index in [0.717, 1.165) is 0 Å². The predicted octanol–water partition coefficient (Wildman–Crippen LogP) is 2.92. The number of alkyl halides is 1. The first-order valence-corrected chi connectivity index (χ1v) is 6.86. The molecule has 0 aliphatic rings. The number of rotatable bonds is 5. The van der Waals surface area contributed by atoms with Gasteiger partial charge in [-0.1, -0.05) is 42.5 Å². The zero-order valence-electron chi connectivity index (χ0n) is 11.2. The molecule has 0 saturated carbocycles. The van der Waals surface area contributed by atoms with Crippen LogP contribution in [0, 0.1) is 0 Å². The third-order valence-corrected chi connectivity index (χ3v) is 3.17. The third-order valence-electron chi connectivity index (χ3n) is 2.93. The van der Waals surface area contributed by atoms with Crippen molar-refractivity contribution in [2.45, 2.75) is 6.23 Å². The summed E-state index contributed by atoms with van der Waals surface area (Å²) in [4.78, 5) is 23.4. The number of carbonyl (C=O) groups excluding carboxylic acids is 2. The quantitative estimate of drug-likeness (QED) is 0.399. The van der Waals surface area contributed by atoms with Crippen LogP contribution in [0.4, 0.5) is 0 Å². The van der Waals surface area contributed by atoms with Gasteiger partial charge in [-0.05, 0) is 12.1 Å². The summed E-state index contributed by atoms with van der Waals surface area (Å²) in [6, 6.07) is 15.1. The number of Topliss-reactive ketones (excluding diaryl/α,β-unsaturated/α-hetero) is 1. The highest BCUT2D eigenvalue weighted by molar-refractivity contribution is 6.30. The lowest BCUT2D eigenvalue weighted by Gasteiger charge is -2.13. The largest absolute Gasteiger partial charge is 0.439 e. The van der Waals surface area contributed by atoms with Gasteiger partial charge in [0, 0.05) is 11.1 Å². The number of halogens is 1. The van der Waals surface area contributed by atoms with Crippen LogP contribution in [0.25, 0.3) is 0 Å². The van der Waals surface area contributed by atoms with Crippen molar-refractivity contribution in [1.29, 1.82) is 0 Å². The Bertz CT molecular complexity index is 626. The van der Waals surface area contributed by atoms with Gasteiger partial charge in [0.25, 0.3) is 0 Å². The van der Waals surface area contributed by atoms with Gasteiger partial charge in [-0.15, -0.1) is 11.6 Å². The first kappa shape index (κ1) is 15.2. The summed E-state index contributed by atoms with van der Waals surface area (Å²) in [7, 11) is 0. The van der Waals surface area contributed by atoms with Gasteiger partial charge in [0.15, 0.2) is 12.0 Å². The summed E-state index contributed by atoms with van der Waals surface area (Å²) in [6.07, 6.45) is -0.831. The van der Waals surface area contributed by atoms with E-state index in [1.54, 1.807) is 12.1 Å². The van der Waals surface area contributed by atoms with Crippen molar-refractivity contribution >= 4 is 23.4 Å². The van der Waals surface area contributed by atoms with Crippen LogP contribution < -0.4 is 5.73 Å². The SMILES string of the molecule is NC(OC(=O)c1ccc(C(=O)CCl)cc1)c1ccccc1. The van der Waals surface area contributed by atoms with Crippen molar-refractivity contribution in [2.24, 2.45) is 5.73 Å². The molecule has 1 unspecified atom stereocenters. The molecule has 108 valence electrons. The third kappa shape index (κ3) is 3.90. The van der Waals surface area contributed by atoms with Gasteiger partial charge < -0.3 is 4.74 Å². The first-order valence-electron chi connectivity index (χ1n) is 6.32. The number of nitrogens with two attached hydrogens (primary N) is 1. The molecule has 0 bridgehead atoms. The van der Waals surface area contributed by atoms with Crippen molar-refractivity contribution in [1.82, 2.24) is 0 Å². The molecule has 2 aromatic carbocycles. The Kier molecular flexibility index (Phi) is 5.09. The fraction of sp³-hybridized carbons (Fsp3) is 0.125. The summed E-state index contributed by atoms with van der Waals surface area (Å²) in [5.74, 6) is -0.836. The summed E-state index contributed by atoms with van der Waals surface area (Å²) in [6.45, 7) is 0. The molecular formula is C16H14ClNO3. The average Bonchev–Trinajstić information content (AvgIpc) is 2.55. The van der Waals surface area contributed by atoms with E-state index >= 15 is 0 Å². The number of benzene rings is 2. The standard InChI is InChI=1S/C16H14ClNO3/c17-10-14(19)11-6-8-13(9-7-11)16(20)21-15(18)12-4-2-1-3-5-12/h1-9,15H,10,18H2. The first-order chi connectivity index (χ1) is 10.1. The normalized spacial score (nSPS) is 11.7. The zero-order chi connectivity index (χ0) is 15.2. The maximum absolute atomic E-state index is 12.0. The van der Waals surface area contributed by atoms with Crippen molar-refractivity contribution in [3.63, 3.8) is 0 Å². The van der Waals surface area contributed by atoms with E-state index < -0.39 is 12.2 Å². The summed E-state index contributed by atoms with van der Waals surface area (Å²) >= 11 is 5.47. The molecule has 0 aromatic heterocycles. The number of hydrogen-bond acceptors (Lipinski definition) is 4. The molecule has 2 N–H and O–H groups in total. The second-order valence-corrected chi connectivity index (χ2v) is 4.64. The van der Waals surface area contributed by atoms with Crippen LogP contribution in [-0.2, 0) is 4.74 Å². The van der Waals surface area contributed by atoms with E-state index in [0.29, 0.717) is 16.7 Å². The van der Waals surface area contributed by atoms with E-state index in [2.05, 4.69) is 0 Å². The Morgan fingerprint density at radius 1 is 1.00 bits per heavy atom. The zero-order valence-corrected chi connectivity index (χ0v) is 11.9. The Morgan fingerprint density at radius 3 is 2.14 bits per heavy atom. The van der Waals surface area contributed by atoms with Crippen LogP contribution in [0.1, 0.15) is 32.5 Å². The van der Waals surface area contributed by atoms with Gasteiger partial charge in [-0.2, -0.15) is 0 Å². The van der Waals surface area contributed by atoms with E-state index in [1.165, 1.54) is 24.3 Å².